The van der Waals surface area contributed by atoms with E-state index in [1.165, 1.54) is 0 Å². The highest BCUT2D eigenvalue weighted by Gasteiger charge is 2.17. The lowest BCUT2D eigenvalue weighted by Gasteiger charge is -2.14. The smallest absolute Gasteiger partial charge is 0.253 e. The van der Waals surface area contributed by atoms with Crippen molar-refractivity contribution in [2.75, 3.05) is 18.5 Å². The fraction of sp³-hybridized carbons (Fsp3) is 0.333. The van der Waals surface area contributed by atoms with Crippen molar-refractivity contribution in [3.05, 3.63) is 59.9 Å². The summed E-state index contributed by atoms with van der Waals surface area (Å²) >= 11 is 0. The fourth-order valence-electron chi connectivity index (χ4n) is 2.64. The third-order valence-electron chi connectivity index (χ3n) is 3.89. The number of aromatic nitrogens is 1. The van der Waals surface area contributed by atoms with E-state index in [0.29, 0.717) is 18.7 Å². The molecule has 120 valence electrons. The molecule has 1 saturated heterocycles. The average molecular weight is 311 g/mol. The zero-order valence-electron chi connectivity index (χ0n) is 13.0. The molecule has 0 bridgehead atoms. The van der Waals surface area contributed by atoms with Crippen LogP contribution in [0.3, 0.4) is 0 Å². The molecule has 5 heteroatoms. The summed E-state index contributed by atoms with van der Waals surface area (Å²) in [4.78, 5) is 16.5. The molecule has 2 N–H and O–H groups in total. The van der Waals surface area contributed by atoms with Crippen LogP contribution >= 0.6 is 0 Å². The minimum absolute atomic E-state index is 0.0743. The van der Waals surface area contributed by atoms with Crippen LogP contribution in [-0.2, 0) is 11.3 Å². The number of para-hydroxylation sites is 1. The third kappa shape index (κ3) is 4.29. The molecule has 0 radical (unpaired) electrons. The number of amides is 1. The molecule has 3 rings (SSSR count). The summed E-state index contributed by atoms with van der Waals surface area (Å²) in [6.45, 7) is 1.99. The van der Waals surface area contributed by atoms with Gasteiger partial charge in [0.15, 0.2) is 0 Å². The van der Waals surface area contributed by atoms with Crippen LogP contribution in [0.5, 0.6) is 0 Å². The second-order valence-electron chi connectivity index (χ2n) is 5.61. The Morgan fingerprint density at radius 2 is 2.17 bits per heavy atom. The SMILES string of the molecule is O=C(NCC1CCCO1)c1ccccc1NCc1cccnc1. The summed E-state index contributed by atoms with van der Waals surface area (Å²) in [7, 11) is 0. The molecular formula is C18H21N3O2. The minimum Gasteiger partial charge on any atom is -0.380 e. The van der Waals surface area contributed by atoms with Crippen molar-refractivity contribution >= 4 is 11.6 Å². The van der Waals surface area contributed by atoms with Crippen molar-refractivity contribution in [1.82, 2.24) is 10.3 Å². The summed E-state index contributed by atoms with van der Waals surface area (Å²) in [5.41, 5.74) is 2.54. The Hall–Kier alpha value is -2.40. The number of rotatable bonds is 6. The molecule has 1 aromatic heterocycles. The molecule has 0 aliphatic carbocycles. The van der Waals surface area contributed by atoms with Crippen LogP contribution in [0.1, 0.15) is 28.8 Å². The molecule has 1 aromatic carbocycles. The van der Waals surface area contributed by atoms with Gasteiger partial charge in [-0.25, -0.2) is 0 Å². The van der Waals surface area contributed by atoms with Gasteiger partial charge in [0.05, 0.1) is 11.7 Å². The third-order valence-corrected chi connectivity index (χ3v) is 3.89. The average Bonchev–Trinajstić information content (AvgIpc) is 3.12. The molecule has 5 nitrogen and oxygen atoms in total. The van der Waals surface area contributed by atoms with Gasteiger partial charge in [-0.05, 0) is 36.6 Å². The van der Waals surface area contributed by atoms with Crippen molar-refractivity contribution in [1.29, 1.82) is 0 Å². The van der Waals surface area contributed by atoms with Crippen molar-refractivity contribution in [3.8, 4) is 0 Å². The predicted molar refractivity (Wildman–Crippen MR) is 89.3 cm³/mol. The second kappa shape index (κ2) is 7.74. The molecule has 0 saturated carbocycles. The van der Waals surface area contributed by atoms with Crippen LogP contribution in [0.25, 0.3) is 0 Å². The van der Waals surface area contributed by atoms with E-state index in [4.69, 9.17) is 4.74 Å². The monoisotopic (exact) mass is 311 g/mol. The number of anilines is 1. The normalized spacial score (nSPS) is 17.0. The van der Waals surface area contributed by atoms with Gasteiger partial charge in [-0.2, -0.15) is 0 Å². The topological polar surface area (TPSA) is 63.2 Å². The highest BCUT2D eigenvalue weighted by molar-refractivity contribution is 5.99. The minimum atomic E-state index is -0.0743. The molecular weight excluding hydrogens is 290 g/mol. The van der Waals surface area contributed by atoms with Crippen LogP contribution in [0.2, 0.25) is 0 Å². The number of carbonyl (C=O) groups is 1. The maximum Gasteiger partial charge on any atom is 0.253 e. The van der Waals surface area contributed by atoms with E-state index in [-0.39, 0.29) is 12.0 Å². The van der Waals surface area contributed by atoms with E-state index in [9.17, 15) is 4.79 Å². The number of hydrogen-bond acceptors (Lipinski definition) is 4. The summed E-state index contributed by atoms with van der Waals surface area (Å²) in [6.07, 6.45) is 5.79. The van der Waals surface area contributed by atoms with Gasteiger partial charge in [-0.3, -0.25) is 9.78 Å². The maximum absolute atomic E-state index is 12.4. The first-order valence-electron chi connectivity index (χ1n) is 7.94. The Morgan fingerprint density at radius 1 is 1.26 bits per heavy atom. The second-order valence-corrected chi connectivity index (χ2v) is 5.61. The van der Waals surface area contributed by atoms with Gasteiger partial charge in [0, 0.05) is 37.8 Å². The van der Waals surface area contributed by atoms with Gasteiger partial charge in [0.25, 0.3) is 5.91 Å². The Labute approximate surface area is 136 Å². The fourth-order valence-corrected chi connectivity index (χ4v) is 2.64. The molecule has 1 aliphatic heterocycles. The standard InChI is InChI=1S/C18H21N3O2/c22-18(21-13-15-6-4-10-23-15)16-7-1-2-8-17(16)20-12-14-5-3-9-19-11-14/h1-3,5,7-9,11,15,20H,4,6,10,12-13H2,(H,21,22). The van der Waals surface area contributed by atoms with Crippen molar-refractivity contribution in [2.45, 2.75) is 25.5 Å². The van der Waals surface area contributed by atoms with Crippen molar-refractivity contribution < 1.29 is 9.53 Å². The van der Waals surface area contributed by atoms with E-state index >= 15 is 0 Å². The molecule has 1 amide bonds. The van der Waals surface area contributed by atoms with E-state index < -0.39 is 0 Å². The Balaban J connectivity index is 1.61. The highest BCUT2D eigenvalue weighted by Crippen LogP contribution is 2.17. The van der Waals surface area contributed by atoms with Gasteiger partial charge in [-0.1, -0.05) is 18.2 Å². The molecule has 1 atom stereocenters. The number of hydrogen-bond donors (Lipinski definition) is 2. The lowest BCUT2D eigenvalue weighted by atomic mass is 10.1. The molecule has 2 heterocycles. The van der Waals surface area contributed by atoms with Gasteiger partial charge in [0.1, 0.15) is 0 Å². The number of benzene rings is 1. The summed E-state index contributed by atoms with van der Waals surface area (Å²) in [6, 6.07) is 11.4. The van der Waals surface area contributed by atoms with Gasteiger partial charge >= 0.3 is 0 Å². The van der Waals surface area contributed by atoms with Gasteiger partial charge in [0.2, 0.25) is 0 Å². The predicted octanol–water partition coefficient (Wildman–Crippen LogP) is 2.60. The quantitative estimate of drug-likeness (QED) is 0.861. The molecule has 1 fully saturated rings. The number of carbonyl (C=O) groups excluding carboxylic acids is 1. The summed E-state index contributed by atoms with van der Waals surface area (Å²) in [5, 5.41) is 6.27. The highest BCUT2D eigenvalue weighted by atomic mass is 16.5. The van der Waals surface area contributed by atoms with Crippen molar-refractivity contribution in [2.24, 2.45) is 0 Å². The Kier molecular flexibility index (Phi) is 5.21. The van der Waals surface area contributed by atoms with E-state index in [1.807, 2.05) is 42.6 Å². The summed E-state index contributed by atoms with van der Waals surface area (Å²) < 4.78 is 5.54. The first kappa shape index (κ1) is 15.5. The van der Waals surface area contributed by atoms with E-state index in [0.717, 1.165) is 30.7 Å². The van der Waals surface area contributed by atoms with Crippen LogP contribution in [0.15, 0.2) is 48.8 Å². The molecule has 1 unspecified atom stereocenters. The van der Waals surface area contributed by atoms with Crippen LogP contribution in [0.4, 0.5) is 5.69 Å². The van der Waals surface area contributed by atoms with Crippen LogP contribution in [-0.4, -0.2) is 30.1 Å². The number of nitrogens with one attached hydrogen (secondary N) is 2. The molecule has 23 heavy (non-hydrogen) atoms. The largest absolute Gasteiger partial charge is 0.380 e. The zero-order valence-corrected chi connectivity index (χ0v) is 13.0. The molecule has 1 aliphatic rings. The van der Waals surface area contributed by atoms with Crippen LogP contribution < -0.4 is 10.6 Å². The number of nitrogens with zero attached hydrogens (tertiary/aromatic N) is 1. The first-order chi connectivity index (χ1) is 11.3. The summed E-state index contributed by atoms with van der Waals surface area (Å²) in [5.74, 6) is -0.0743. The number of pyridine rings is 1. The molecule has 0 spiro atoms. The number of ether oxygens (including phenoxy) is 1. The van der Waals surface area contributed by atoms with Crippen molar-refractivity contribution in [3.63, 3.8) is 0 Å². The van der Waals surface area contributed by atoms with Gasteiger partial charge in [-0.15, -0.1) is 0 Å². The maximum atomic E-state index is 12.4. The molecule has 2 aromatic rings. The van der Waals surface area contributed by atoms with E-state index in [2.05, 4.69) is 15.6 Å². The lowest BCUT2D eigenvalue weighted by molar-refractivity contribution is 0.0858. The zero-order chi connectivity index (χ0) is 15.9. The Morgan fingerprint density at radius 3 is 2.96 bits per heavy atom. The van der Waals surface area contributed by atoms with Gasteiger partial charge < -0.3 is 15.4 Å². The lowest BCUT2D eigenvalue weighted by Crippen LogP contribution is -2.32. The van der Waals surface area contributed by atoms with E-state index in [1.54, 1.807) is 6.20 Å². The van der Waals surface area contributed by atoms with Crippen LogP contribution in [0, 0.1) is 0 Å². The Bertz CT molecular complexity index is 640. The first-order valence-corrected chi connectivity index (χ1v) is 7.94.